The molecule has 1 heterocycles. The second-order valence-electron chi connectivity index (χ2n) is 2.99. The van der Waals surface area contributed by atoms with Gasteiger partial charge in [-0.1, -0.05) is 0 Å². The number of hydrogen-bond donors (Lipinski definition) is 2. The zero-order valence-corrected chi connectivity index (χ0v) is 8.87. The number of carbonyl (C=O) groups is 1. The second-order valence-corrected chi connectivity index (χ2v) is 4.45. The predicted octanol–water partition coefficient (Wildman–Crippen LogP) is 1.11. The minimum Gasteiger partial charge on any atom is -0.368 e. The lowest BCUT2D eigenvalue weighted by Gasteiger charge is -2.11. The number of carbonyl (C=O) groups excluding carboxylic acids is 1. The van der Waals surface area contributed by atoms with Gasteiger partial charge in [0, 0.05) is 9.75 Å². The summed E-state index contributed by atoms with van der Waals surface area (Å²) in [6.07, 6.45) is 0. The Bertz CT molecular complexity index is 319. The Hall–Kier alpha value is -0.870. The molecule has 0 aliphatic heterocycles. The van der Waals surface area contributed by atoms with E-state index in [1.807, 2.05) is 19.9 Å². The maximum atomic E-state index is 11.1. The molecule has 1 atom stereocenters. The van der Waals surface area contributed by atoms with E-state index in [9.17, 15) is 4.79 Å². The van der Waals surface area contributed by atoms with Crippen molar-refractivity contribution in [3.63, 3.8) is 0 Å². The summed E-state index contributed by atoms with van der Waals surface area (Å²) in [7, 11) is 1.74. The molecule has 0 fully saturated rings. The van der Waals surface area contributed by atoms with E-state index in [-0.39, 0.29) is 11.9 Å². The van der Waals surface area contributed by atoms with Crippen LogP contribution in [0, 0.1) is 13.8 Å². The van der Waals surface area contributed by atoms with Crippen LogP contribution in [0.25, 0.3) is 0 Å². The van der Waals surface area contributed by atoms with E-state index in [2.05, 4.69) is 5.32 Å². The predicted molar refractivity (Wildman–Crippen MR) is 54.8 cm³/mol. The molecule has 3 nitrogen and oxygen atoms in total. The van der Waals surface area contributed by atoms with Crippen LogP contribution in [0.5, 0.6) is 0 Å². The molecule has 0 saturated carbocycles. The molecule has 72 valence electrons. The van der Waals surface area contributed by atoms with E-state index in [1.54, 1.807) is 18.4 Å². The van der Waals surface area contributed by atoms with Crippen LogP contribution in [0.2, 0.25) is 0 Å². The van der Waals surface area contributed by atoms with Crippen LogP contribution in [0.15, 0.2) is 6.07 Å². The summed E-state index contributed by atoms with van der Waals surface area (Å²) in [5.41, 5.74) is 6.26. The van der Waals surface area contributed by atoms with Gasteiger partial charge in [-0.25, -0.2) is 0 Å². The van der Waals surface area contributed by atoms with Gasteiger partial charge in [0.2, 0.25) is 5.91 Å². The van der Waals surface area contributed by atoms with Gasteiger partial charge in [-0.3, -0.25) is 4.79 Å². The van der Waals surface area contributed by atoms with Gasteiger partial charge < -0.3 is 11.1 Å². The van der Waals surface area contributed by atoms with Crippen LogP contribution in [-0.2, 0) is 4.79 Å². The van der Waals surface area contributed by atoms with E-state index >= 15 is 0 Å². The molecule has 1 amide bonds. The fourth-order valence-corrected chi connectivity index (χ4v) is 2.35. The smallest absolute Gasteiger partial charge is 0.239 e. The lowest BCUT2D eigenvalue weighted by Crippen LogP contribution is -2.31. The van der Waals surface area contributed by atoms with Gasteiger partial charge in [0.05, 0.1) is 0 Å². The Kier molecular flexibility index (Phi) is 3.06. The Morgan fingerprint density at radius 2 is 2.23 bits per heavy atom. The molecule has 13 heavy (non-hydrogen) atoms. The highest BCUT2D eigenvalue weighted by Gasteiger charge is 2.18. The summed E-state index contributed by atoms with van der Waals surface area (Å²) in [6, 6.07) is 1.65. The number of aryl methyl sites for hydroxylation is 2. The van der Waals surface area contributed by atoms with Gasteiger partial charge in [-0.05, 0) is 32.5 Å². The zero-order valence-electron chi connectivity index (χ0n) is 8.05. The van der Waals surface area contributed by atoms with Gasteiger partial charge in [0.15, 0.2) is 0 Å². The molecule has 1 aromatic heterocycles. The number of amides is 1. The second kappa shape index (κ2) is 3.89. The van der Waals surface area contributed by atoms with Crippen molar-refractivity contribution in [1.29, 1.82) is 0 Å². The summed E-state index contributed by atoms with van der Waals surface area (Å²) in [5, 5.41) is 2.90. The van der Waals surface area contributed by atoms with Crippen LogP contribution in [-0.4, -0.2) is 13.0 Å². The van der Waals surface area contributed by atoms with Crippen molar-refractivity contribution in [2.45, 2.75) is 19.9 Å². The Labute approximate surface area is 81.9 Å². The summed E-state index contributed by atoms with van der Waals surface area (Å²) in [6.45, 7) is 4.02. The molecular weight excluding hydrogens is 184 g/mol. The first-order valence-corrected chi connectivity index (χ1v) is 4.91. The summed E-state index contributed by atoms with van der Waals surface area (Å²) in [4.78, 5) is 13.4. The number of primary amides is 1. The minimum absolute atomic E-state index is 0.330. The summed E-state index contributed by atoms with van der Waals surface area (Å²) >= 11 is 1.68. The molecular formula is C9H14N2OS. The first kappa shape index (κ1) is 10.2. The molecule has 0 aliphatic carbocycles. The van der Waals surface area contributed by atoms with Gasteiger partial charge in [0.1, 0.15) is 6.04 Å². The van der Waals surface area contributed by atoms with Crippen molar-refractivity contribution in [3.8, 4) is 0 Å². The highest BCUT2D eigenvalue weighted by molar-refractivity contribution is 7.12. The number of thiophene rings is 1. The van der Waals surface area contributed by atoms with Crippen LogP contribution in [0.3, 0.4) is 0 Å². The quantitative estimate of drug-likeness (QED) is 0.764. The van der Waals surface area contributed by atoms with Crippen molar-refractivity contribution >= 4 is 17.2 Å². The molecule has 0 aromatic carbocycles. The van der Waals surface area contributed by atoms with E-state index in [0.717, 1.165) is 10.4 Å². The Morgan fingerprint density at radius 1 is 1.62 bits per heavy atom. The van der Waals surface area contributed by atoms with E-state index in [1.165, 1.54) is 4.88 Å². The largest absolute Gasteiger partial charge is 0.368 e. The third-order valence-electron chi connectivity index (χ3n) is 1.96. The van der Waals surface area contributed by atoms with Crippen molar-refractivity contribution in [3.05, 3.63) is 21.4 Å². The fraction of sp³-hybridized carbons (Fsp3) is 0.444. The van der Waals surface area contributed by atoms with E-state index in [4.69, 9.17) is 5.73 Å². The molecule has 3 N–H and O–H groups in total. The van der Waals surface area contributed by atoms with Gasteiger partial charge in [0.25, 0.3) is 0 Å². The standard InChI is InChI=1S/C9H14N2OS/c1-5-4-7(6(2)13-5)8(11-3)9(10)12/h4,8,11H,1-3H3,(H2,10,12). The molecule has 0 spiro atoms. The molecule has 1 unspecified atom stereocenters. The van der Waals surface area contributed by atoms with Crippen LogP contribution in [0.1, 0.15) is 21.4 Å². The number of likely N-dealkylation sites (N-methyl/N-ethyl adjacent to an activating group) is 1. The van der Waals surface area contributed by atoms with E-state index in [0.29, 0.717) is 0 Å². The SMILES string of the molecule is CNC(C(N)=O)c1cc(C)sc1C. The van der Waals surface area contributed by atoms with Gasteiger partial charge in [-0.2, -0.15) is 0 Å². The normalized spacial score (nSPS) is 12.8. The first-order valence-electron chi connectivity index (χ1n) is 4.09. The monoisotopic (exact) mass is 198 g/mol. The first-order chi connectivity index (χ1) is 6.06. The Balaban J connectivity index is 3.04. The molecule has 1 aromatic rings. The van der Waals surface area contributed by atoms with Crippen LogP contribution < -0.4 is 11.1 Å². The highest BCUT2D eigenvalue weighted by atomic mass is 32.1. The van der Waals surface area contributed by atoms with Gasteiger partial charge in [-0.15, -0.1) is 11.3 Å². The molecule has 0 radical (unpaired) electrons. The van der Waals surface area contributed by atoms with Crippen molar-refractivity contribution in [2.24, 2.45) is 5.73 Å². The number of hydrogen-bond acceptors (Lipinski definition) is 3. The number of nitrogens with two attached hydrogens (primary N) is 1. The average molecular weight is 198 g/mol. The summed E-state index contributed by atoms with van der Waals surface area (Å²) in [5.74, 6) is -0.330. The van der Waals surface area contributed by atoms with Crippen LogP contribution >= 0.6 is 11.3 Å². The fourth-order valence-electron chi connectivity index (χ4n) is 1.39. The molecule has 0 saturated heterocycles. The topological polar surface area (TPSA) is 55.1 Å². The van der Waals surface area contributed by atoms with Crippen LogP contribution in [0.4, 0.5) is 0 Å². The maximum Gasteiger partial charge on any atom is 0.239 e. The highest BCUT2D eigenvalue weighted by Crippen LogP contribution is 2.25. The van der Waals surface area contributed by atoms with E-state index < -0.39 is 0 Å². The molecule has 0 bridgehead atoms. The van der Waals surface area contributed by atoms with Crippen molar-refractivity contribution in [2.75, 3.05) is 7.05 Å². The third-order valence-corrected chi connectivity index (χ3v) is 2.95. The zero-order chi connectivity index (χ0) is 10.0. The molecule has 4 heteroatoms. The average Bonchev–Trinajstić information content (AvgIpc) is 2.31. The number of rotatable bonds is 3. The minimum atomic E-state index is -0.357. The van der Waals surface area contributed by atoms with Crippen molar-refractivity contribution < 1.29 is 4.79 Å². The summed E-state index contributed by atoms with van der Waals surface area (Å²) < 4.78 is 0. The molecule has 1 rings (SSSR count). The van der Waals surface area contributed by atoms with Gasteiger partial charge >= 0.3 is 0 Å². The Morgan fingerprint density at radius 3 is 2.54 bits per heavy atom. The third kappa shape index (κ3) is 2.08. The maximum absolute atomic E-state index is 11.1. The lowest BCUT2D eigenvalue weighted by molar-refractivity contribution is -0.120. The number of nitrogens with one attached hydrogen (secondary N) is 1. The molecule has 0 aliphatic rings. The lowest BCUT2D eigenvalue weighted by atomic mass is 10.1. The van der Waals surface area contributed by atoms with Crippen molar-refractivity contribution in [1.82, 2.24) is 5.32 Å².